The zero-order valence-corrected chi connectivity index (χ0v) is 18.3. The molecule has 4 rings (SSSR count). The summed E-state index contributed by atoms with van der Waals surface area (Å²) in [6.45, 7) is -1.64. The number of rotatable bonds is 5. The minimum atomic E-state index is -4.28. The minimum Gasteiger partial charge on any atom is -0.371 e. The lowest BCUT2D eigenvalue weighted by Crippen LogP contribution is -2.59. The fourth-order valence-electron chi connectivity index (χ4n) is 3.94. The van der Waals surface area contributed by atoms with E-state index in [0.29, 0.717) is 4.31 Å². The molecule has 1 saturated heterocycles. The predicted molar refractivity (Wildman–Crippen MR) is 111 cm³/mol. The minimum absolute atomic E-state index is 0.00283. The molecule has 0 aliphatic carbocycles. The summed E-state index contributed by atoms with van der Waals surface area (Å²) in [5.74, 6) is -2.17. The highest BCUT2D eigenvalue weighted by Gasteiger charge is 2.62. The van der Waals surface area contributed by atoms with Gasteiger partial charge >= 0.3 is 0 Å². The van der Waals surface area contributed by atoms with E-state index < -0.39 is 70.0 Å². The number of aliphatic imine (C=N–C) groups is 1. The number of alkyl halides is 3. The molecule has 1 aromatic heterocycles. The predicted octanol–water partition coefficient (Wildman–Crippen LogP) is 1.33. The Morgan fingerprint density at radius 1 is 1.35 bits per heavy atom. The second-order valence-electron chi connectivity index (χ2n) is 7.61. The van der Waals surface area contributed by atoms with Crippen LogP contribution in [0, 0.1) is 5.82 Å². The fraction of sp³-hybridized carbons (Fsp3) is 0.368. The standard InChI is InChI=1S/C19H18F4N6O4S/c1-29-18(24)28-19(8-33-14(5-20)15(19)34(29,31)32)10-4-9(2-3-11(10)21)27-17(30)13-7-25-12(6-26-13)16(22)23/h2-4,6-7,14-16H,5,8H2,1H3,(H2,24,28)(H,27,30)/t14-,15-,19+/m0/s1. The molecule has 2 aliphatic heterocycles. The molecule has 1 aromatic carbocycles. The van der Waals surface area contributed by atoms with Gasteiger partial charge in [-0.15, -0.1) is 0 Å². The summed E-state index contributed by atoms with van der Waals surface area (Å²) in [6, 6.07) is 3.27. The van der Waals surface area contributed by atoms with Crippen LogP contribution in [0.25, 0.3) is 0 Å². The van der Waals surface area contributed by atoms with Crippen LogP contribution in [-0.2, 0) is 20.3 Å². The fourth-order valence-corrected chi connectivity index (χ4v) is 5.85. The molecular weight excluding hydrogens is 484 g/mol. The highest BCUT2D eigenvalue weighted by molar-refractivity contribution is 7.90. The second-order valence-corrected chi connectivity index (χ2v) is 9.69. The average Bonchev–Trinajstić information content (AvgIpc) is 3.19. The molecular formula is C19H18F4N6O4S. The maximum atomic E-state index is 15.0. The highest BCUT2D eigenvalue weighted by Crippen LogP contribution is 2.46. The Balaban J connectivity index is 1.73. The van der Waals surface area contributed by atoms with Crippen LogP contribution in [0.5, 0.6) is 0 Å². The largest absolute Gasteiger partial charge is 0.371 e. The number of aromatic nitrogens is 2. The molecule has 182 valence electrons. The summed E-state index contributed by atoms with van der Waals surface area (Å²) in [4.78, 5) is 23.7. The van der Waals surface area contributed by atoms with E-state index in [1.165, 1.54) is 6.07 Å². The molecule has 3 heterocycles. The molecule has 15 heteroatoms. The van der Waals surface area contributed by atoms with E-state index >= 15 is 4.39 Å². The van der Waals surface area contributed by atoms with Crippen molar-refractivity contribution in [3.8, 4) is 0 Å². The molecule has 0 unspecified atom stereocenters. The Labute approximate surface area is 190 Å². The van der Waals surface area contributed by atoms with Gasteiger partial charge in [-0.3, -0.25) is 9.78 Å². The molecule has 2 aliphatic rings. The second kappa shape index (κ2) is 8.47. The quantitative estimate of drug-likeness (QED) is 0.588. The summed E-state index contributed by atoms with van der Waals surface area (Å²) in [5.41, 5.74) is 2.68. The van der Waals surface area contributed by atoms with E-state index in [9.17, 15) is 26.4 Å². The third-order valence-corrected chi connectivity index (χ3v) is 7.92. The number of amides is 1. The molecule has 2 aromatic rings. The first-order chi connectivity index (χ1) is 16.0. The number of halogens is 4. The third kappa shape index (κ3) is 3.73. The van der Waals surface area contributed by atoms with Crippen molar-refractivity contribution >= 4 is 27.6 Å². The van der Waals surface area contributed by atoms with Crippen molar-refractivity contribution in [1.29, 1.82) is 0 Å². The Kier molecular flexibility index (Phi) is 5.93. The number of carbonyl (C=O) groups excluding carboxylic acids is 1. The maximum absolute atomic E-state index is 15.0. The van der Waals surface area contributed by atoms with E-state index in [-0.39, 0.29) is 16.9 Å². The van der Waals surface area contributed by atoms with Crippen LogP contribution < -0.4 is 11.1 Å². The SMILES string of the molecule is CN1C(N)=N[C@@]2(c3cc(NC(=O)c4cnc(C(F)F)cn4)ccc3F)CO[C@@H](CF)[C@@H]2S1(=O)=O. The van der Waals surface area contributed by atoms with Gasteiger partial charge in [0, 0.05) is 18.3 Å². The van der Waals surface area contributed by atoms with E-state index in [1.807, 2.05) is 0 Å². The number of hydrogen-bond donors (Lipinski definition) is 2. The number of nitrogens with two attached hydrogens (primary N) is 1. The van der Waals surface area contributed by atoms with Crippen molar-refractivity contribution in [2.45, 2.75) is 23.3 Å². The lowest BCUT2D eigenvalue weighted by molar-refractivity contribution is 0.0847. The zero-order valence-electron chi connectivity index (χ0n) is 17.5. The van der Waals surface area contributed by atoms with E-state index in [2.05, 4.69) is 20.3 Å². The number of fused-ring (bicyclic) bond motifs is 1. The Bertz CT molecular complexity index is 1260. The van der Waals surface area contributed by atoms with Gasteiger partial charge in [0.25, 0.3) is 12.3 Å². The zero-order chi connectivity index (χ0) is 24.8. The number of carbonyl (C=O) groups is 1. The van der Waals surface area contributed by atoms with Crippen molar-refractivity contribution in [3.63, 3.8) is 0 Å². The van der Waals surface area contributed by atoms with Gasteiger partial charge in [0.1, 0.15) is 40.8 Å². The molecule has 1 amide bonds. The number of ether oxygens (including phenoxy) is 1. The smallest absolute Gasteiger partial charge is 0.281 e. The van der Waals surface area contributed by atoms with Gasteiger partial charge in [0.2, 0.25) is 16.0 Å². The number of nitrogens with one attached hydrogen (secondary N) is 1. The first kappa shape index (κ1) is 23.8. The summed E-state index contributed by atoms with van der Waals surface area (Å²) < 4.78 is 86.0. The van der Waals surface area contributed by atoms with Crippen LogP contribution in [0.2, 0.25) is 0 Å². The van der Waals surface area contributed by atoms with Crippen molar-refractivity contribution in [2.75, 3.05) is 25.6 Å². The van der Waals surface area contributed by atoms with Gasteiger partial charge in [0.15, 0.2) is 0 Å². The van der Waals surface area contributed by atoms with Crippen LogP contribution in [0.3, 0.4) is 0 Å². The molecule has 3 atom stereocenters. The Hall–Kier alpha value is -3.33. The molecule has 10 nitrogen and oxygen atoms in total. The summed E-state index contributed by atoms with van der Waals surface area (Å²) >= 11 is 0. The summed E-state index contributed by atoms with van der Waals surface area (Å²) in [5, 5.41) is 0.791. The summed E-state index contributed by atoms with van der Waals surface area (Å²) in [7, 11) is -3.15. The maximum Gasteiger partial charge on any atom is 0.281 e. The molecule has 34 heavy (non-hydrogen) atoms. The number of hydrogen-bond acceptors (Lipinski definition) is 8. The number of anilines is 1. The number of benzene rings is 1. The number of sulfonamides is 1. The molecule has 3 N–H and O–H groups in total. The molecule has 1 fully saturated rings. The molecule has 0 radical (unpaired) electrons. The van der Waals surface area contributed by atoms with Gasteiger partial charge in [-0.05, 0) is 18.2 Å². The van der Waals surface area contributed by atoms with Gasteiger partial charge in [-0.2, -0.15) is 0 Å². The van der Waals surface area contributed by atoms with Crippen molar-refractivity contribution in [3.05, 3.63) is 53.4 Å². The molecule has 0 spiro atoms. The van der Waals surface area contributed by atoms with Crippen LogP contribution in [0.4, 0.5) is 23.2 Å². The van der Waals surface area contributed by atoms with Crippen LogP contribution >= 0.6 is 0 Å². The van der Waals surface area contributed by atoms with Crippen LogP contribution in [-0.4, -0.2) is 66.2 Å². The molecule has 0 bridgehead atoms. The topological polar surface area (TPSA) is 140 Å². The lowest BCUT2D eigenvalue weighted by atomic mass is 9.86. The van der Waals surface area contributed by atoms with E-state index in [4.69, 9.17) is 10.5 Å². The number of nitrogens with zero attached hydrogens (tertiary/aromatic N) is 4. The van der Waals surface area contributed by atoms with Crippen LogP contribution in [0.1, 0.15) is 28.2 Å². The Morgan fingerprint density at radius 3 is 2.71 bits per heavy atom. The van der Waals surface area contributed by atoms with E-state index in [1.54, 1.807) is 0 Å². The van der Waals surface area contributed by atoms with E-state index in [0.717, 1.165) is 31.6 Å². The third-order valence-electron chi connectivity index (χ3n) is 5.64. The van der Waals surface area contributed by atoms with Gasteiger partial charge in [-0.1, -0.05) is 0 Å². The van der Waals surface area contributed by atoms with Crippen molar-refractivity contribution in [2.24, 2.45) is 10.7 Å². The average molecular weight is 502 g/mol. The van der Waals surface area contributed by atoms with Crippen LogP contribution in [0.15, 0.2) is 35.6 Å². The molecule has 0 saturated carbocycles. The van der Waals surface area contributed by atoms with Crippen molar-refractivity contribution in [1.82, 2.24) is 14.3 Å². The monoisotopic (exact) mass is 502 g/mol. The first-order valence-corrected chi connectivity index (χ1v) is 11.2. The van der Waals surface area contributed by atoms with Gasteiger partial charge in [0.05, 0.1) is 19.0 Å². The first-order valence-electron chi connectivity index (χ1n) is 9.73. The van der Waals surface area contributed by atoms with Crippen molar-refractivity contribution < 1.29 is 35.5 Å². The normalized spacial score (nSPS) is 25.7. The van der Waals surface area contributed by atoms with Gasteiger partial charge < -0.3 is 15.8 Å². The Morgan fingerprint density at radius 2 is 2.09 bits per heavy atom. The lowest BCUT2D eigenvalue weighted by Gasteiger charge is -2.39. The highest BCUT2D eigenvalue weighted by atomic mass is 32.2. The van der Waals surface area contributed by atoms with Gasteiger partial charge in [-0.25, -0.2) is 40.3 Å². The summed E-state index contributed by atoms with van der Waals surface area (Å²) in [6.07, 6.45) is -2.70. The number of guanidine groups is 1.